The van der Waals surface area contributed by atoms with Crippen molar-refractivity contribution in [3.05, 3.63) is 72.1 Å². The van der Waals surface area contributed by atoms with Gasteiger partial charge in [0, 0.05) is 48.0 Å². The maximum Gasteiger partial charge on any atom is 0.255 e. The predicted molar refractivity (Wildman–Crippen MR) is 119 cm³/mol. The Morgan fingerprint density at radius 2 is 1.77 bits per heavy atom. The fraction of sp³-hybridized carbons (Fsp3) is 0.261. The topological polar surface area (TPSA) is 67.2 Å². The molecule has 1 aliphatic heterocycles. The van der Waals surface area contributed by atoms with Gasteiger partial charge in [-0.2, -0.15) is 0 Å². The number of carbonyl (C=O) groups excluding carboxylic acids is 2. The molecule has 1 aromatic heterocycles. The molecule has 0 aliphatic carbocycles. The van der Waals surface area contributed by atoms with Gasteiger partial charge in [-0.05, 0) is 68.0 Å². The lowest BCUT2D eigenvalue weighted by molar-refractivity contribution is 0.0724. The number of imidazole rings is 1. The molecular weight excluding hydrogens is 396 g/mol. The summed E-state index contributed by atoms with van der Waals surface area (Å²) in [5.74, 6) is -0.181. The molecule has 2 amide bonds. The van der Waals surface area contributed by atoms with Crippen molar-refractivity contribution in [3.8, 4) is 5.69 Å². The molecule has 0 unspecified atom stereocenters. The summed E-state index contributed by atoms with van der Waals surface area (Å²) in [5.41, 5.74) is 2.72. The monoisotopic (exact) mass is 420 g/mol. The standard InChI is InChI=1S/C23H24N4O2S/c1-30-23-24-12-15-27(23)20-10-8-17(9-11-20)21(28)25-19-7-5-6-18(16-19)22(29)26-13-3-2-4-14-26/h5-12,15-16H,2-4,13-14H2,1H3,(H,25,28). The quantitative estimate of drug-likeness (QED) is 0.619. The van der Waals surface area contributed by atoms with Crippen molar-refractivity contribution in [1.82, 2.24) is 14.5 Å². The SMILES string of the molecule is CSc1nccn1-c1ccc(C(=O)Nc2cccc(C(=O)N3CCCCC3)c2)cc1. The van der Waals surface area contributed by atoms with Crippen LogP contribution in [0.5, 0.6) is 0 Å². The van der Waals surface area contributed by atoms with Gasteiger partial charge in [0.05, 0.1) is 0 Å². The number of piperidine rings is 1. The van der Waals surface area contributed by atoms with Crippen LogP contribution in [0.25, 0.3) is 5.69 Å². The molecule has 2 aromatic carbocycles. The minimum absolute atomic E-state index is 0.0279. The highest BCUT2D eigenvalue weighted by Crippen LogP contribution is 2.20. The van der Waals surface area contributed by atoms with E-state index in [1.54, 1.807) is 54.4 Å². The highest BCUT2D eigenvalue weighted by Gasteiger charge is 2.18. The molecule has 1 fully saturated rings. The van der Waals surface area contributed by atoms with E-state index in [0.717, 1.165) is 36.8 Å². The van der Waals surface area contributed by atoms with Gasteiger partial charge in [0.15, 0.2) is 5.16 Å². The number of aromatic nitrogens is 2. The lowest BCUT2D eigenvalue weighted by atomic mass is 10.1. The first-order valence-corrected chi connectivity index (χ1v) is 11.3. The van der Waals surface area contributed by atoms with Gasteiger partial charge in [0.25, 0.3) is 11.8 Å². The van der Waals surface area contributed by atoms with Crippen LogP contribution in [0.2, 0.25) is 0 Å². The van der Waals surface area contributed by atoms with Crippen LogP contribution in [0.15, 0.2) is 66.1 Å². The van der Waals surface area contributed by atoms with E-state index in [-0.39, 0.29) is 11.8 Å². The van der Waals surface area contributed by atoms with E-state index in [9.17, 15) is 9.59 Å². The second kappa shape index (κ2) is 9.17. The summed E-state index contributed by atoms with van der Waals surface area (Å²) in [4.78, 5) is 31.6. The number of nitrogens with one attached hydrogen (secondary N) is 1. The average Bonchev–Trinajstić information content (AvgIpc) is 3.28. The van der Waals surface area contributed by atoms with E-state index in [2.05, 4.69) is 10.3 Å². The van der Waals surface area contributed by atoms with Crippen LogP contribution < -0.4 is 5.32 Å². The normalized spacial score (nSPS) is 13.8. The van der Waals surface area contributed by atoms with Crippen LogP contribution in [-0.2, 0) is 0 Å². The second-order valence-electron chi connectivity index (χ2n) is 7.22. The summed E-state index contributed by atoms with van der Waals surface area (Å²) in [6, 6.07) is 14.5. The second-order valence-corrected chi connectivity index (χ2v) is 7.99. The van der Waals surface area contributed by atoms with E-state index >= 15 is 0 Å². The smallest absolute Gasteiger partial charge is 0.255 e. The zero-order valence-corrected chi connectivity index (χ0v) is 17.7. The molecule has 0 saturated carbocycles. The molecule has 7 heteroatoms. The van der Waals surface area contributed by atoms with E-state index in [4.69, 9.17) is 0 Å². The van der Waals surface area contributed by atoms with E-state index in [0.29, 0.717) is 16.8 Å². The largest absolute Gasteiger partial charge is 0.339 e. The van der Waals surface area contributed by atoms with Gasteiger partial charge < -0.3 is 10.2 Å². The third kappa shape index (κ3) is 4.41. The van der Waals surface area contributed by atoms with Gasteiger partial charge in [-0.3, -0.25) is 14.2 Å². The van der Waals surface area contributed by atoms with Crippen LogP contribution in [-0.4, -0.2) is 45.6 Å². The minimum Gasteiger partial charge on any atom is -0.339 e. The lowest BCUT2D eigenvalue weighted by Gasteiger charge is -2.26. The number of hydrogen-bond donors (Lipinski definition) is 1. The third-order valence-electron chi connectivity index (χ3n) is 5.21. The molecule has 4 rings (SSSR count). The Kier molecular flexibility index (Phi) is 6.18. The highest BCUT2D eigenvalue weighted by atomic mass is 32.2. The van der Waals surface area contributed by atoms with Crippen molar-refractivity contribution < 1.29 is 9.59 Å². The third-order valence-corrected chi connectivity index (χ3v) is 5.87. The number of amides is 2. The number of carbonyl (C=O) groups is 2. The van der Waals surface area contributed by atoms with Crippen molar-refractivity contribution in [2.45, 2.75) is 24.4 Å². The van der Waals surface area contributed by atoms with E-state index in [1.165, 1.54) is 6.42 Å². The molecule has 1 N–H and O–H groups in total. The minimum atomic E-state index is -0.208. The zero-order chi connectivity index (χ0) is 20.9. The number of rotatable bonds is 5. The Labute approximate surface area is 180 Å². The van der Waals surface area contributed by atoms with Gasteiger partial charge in [-0.1, -0.05) is 17.8 Å². The molecule has 0 atom stereocenters. The van der Waals surface area contributed by atoms with Crippen molar-refractivity contribution in [2.24, 2.45) is 0 Å². The molecule has 6 nitrogen and oxygen atoms in total. The Bertz CT molecular complexity index is 1040. The van der Waals surface area contributed by atoms with Crippen LogP contribution in [0, 0.1) is 0 Å². The van der Waals surface area contributed by atoms with E-state index in [1.807, 2.05) is 34.1 Å². The number of nitrogens with zero attached hydrogens (tertiary/aromatic N) is 3. The molecule has 1 saturated heterocycles. The van der Waals surface area contributed by atoms with Crippen LogP contribution in [0.3, 0.4) is 0 Å². The van der Waals surface area contributed by atoms with Crippen LogP contribution >= 0.6 is 11.8 Å². The number of hydrogen-bond acceptors (Lipinski definition) is 4. The van der Waals surface area contributed by atoms with Gasteiger partial charge >= 0.3 is 0 Å². The van der Waals surface area contributed by atoms with Gasteiger partial charge in [0.2, 0.25) is 0 Å². The predicted octanol–water partition coefficient (Wildman–Crippen LogP) is 4.47. The highest BCUT2D eigenvalue weighted by molar-refractivity contribution is 7.98. The Balaban J connectivity index is 1.45. The molecule has 0 radical (unpaired) electrons. The average molecular weight is 421 g/mol. The molecule has 30 heavy (non-hydrogen) atoms. The summed E-state index contributed by atoms with van der Waals surface area (Å²) in [6.45, 7) is 1.61. The Morgan fingerprint density at radius 3 is 2.50 bits per heavy atom. The van der Waals surface area contributed by atoms with Crippen LogP contribution in [0.4, 0.5) is 5.69 Å². The molecule has 2 heterocycles. The first-order chi connectivity index (χ1) is 14.7. The summed E-state index contributed by atoms with van der Waals surface area (Å²) in [6.07, 6.45) is 8.91. The fourth-order valence-corrected chi connectivity index (χ4v) is 4.15. The Morgan fingerprint density at radius 1 is 1.00 bits per heavy atom. The summed E-state index contributed by atoms with van der Waals surface area (Å²) in [7, 11) is 0. The fourth-order valence-electron chi connectivity index (χ4n) is 3.62. The van der Waals surface area contributed by atoms with Crippen molar-refractivity contribution in [2.75, 3.05) is 24.7 Å². The number of benzene rings is 2. The first kappa shape index (κ1) is 20.2. The lowest BCUT2D eigenvalue weighted by Crippen LogP contribution is -2.35. The number of likely N-dealkylation sites (tertiary alicyclic amines) is 1. The summed E-state index contributed by atoms with van der Waals surface area (Å²) in [5, 5.41) is 3.79. The maximum absolute atomic E-state index is 12.7. The van der Waals surface area contributed by atoms with Gasteiger partial charge in [0.1, 0.15) is 0 Å². The summed E-state index contributed by atoms with van der Waals surface area (Å²) < 4.78 is 1.97. The molecule has 0 bridgehead atoms. The molecule has 154 valence electrons. The summed E-state index contributed by atoms with van der Waals surface area (Å²) >= 11 is 1.56. The molecule has 3 aromatic rings. The Hall–Kier alpha value is -3.06. The van der Waals surface area contributed by atoms with Crippen molar-refractivity contribution in [3.63, 3.8) is 0 Å². The zero-order valence-electron chi connectivity index (χ0n) is 16.9. The molecular formula is C23H24N4O2S. The molecule has 1 aliphatic rings. The van der Waals surface area contributed by atoms with Gasteiger partial charge in [-0.15, -0.1) is 0 Å². The first-order valence-electron chi connectivity index (χ1n) is 10.0. The number of anilines is 1. The van der Waals surface area contributed by atoms with Crippen molar-refractivity contribution >= 4 is 29.3 Å². The van der Waals surface area contributed by atoms with Crippen molar-refractivity contribution in [1.29, 1.82) is 0 Å². The van der Waals surface area contributed by atoms with E-state index < -0.39 is 0 Å². The maximum atomic E-state index is 12.7. The number of thioether (sulfide) groups is 1. The van der Waals surface area contributed by atoms with Gasteiger partial charge in [-0.25, -0.2) is 4.98 Å². The molecule has 0 spiro atoms. The van der Waals surface area contributed by atoms with Crippen LogP contribution in [0.1, 0.15) is 40.0 Å².